The van der Waals surface area contributed by atoms with E-state index in [0.717, 1.165) is 18.6 Å². The molecule has 0 heterocycles. The summed E-state index contributed by atoms with van der Waals surface area (Å²) in [6, 6.07) is 4.87. The molecule has 0 spiro atoms. The molecule has 1 aliphatic carbocycles. The summed E-state index contributed by atoms with van der Waals surface area (Å²) in [5.41, 5.74) is 4.35. The molecule has 1 aliphatic rings. The molecule has 0 N–H and O–H groups in total. The van der Waals surface area contributed by atoms with Gasteiger partial charge in [-0.2, -0.15) is 0 Å². The molecule has 4 heteroatoms. The van der Waals surface area contributed by atoms with Crippen molar-refractivity contribution in [2.45, 2.75) is 112 Å². The fraction of sp³-hybridized carbons (Fsp3) is 0.667. The summed E-state index contributed by atoms with van der Waals surface area (Å²) in [5, 5.41) is 0. The van der Waals surface area contributed by atoms with Crippen molar-refractivity contribution in [3.8, 4) is 5.75 Å². The van der Waals surface area contributed by atoms with Gasteiger partial charge in [-0.1, -0.05) is 0 Å². The predicted octanol–water partition coefficient (Wildman–Crippen LogP) is 9.85. The van der Waals surface area contributed by atoms with Crippen molar-refractivity contribution in [2.75, 3.05) is 7.11 Å². The molecular weight excluding hydrogens is 521 g/mol. The van der Waals surface area contributed by atoms with Crippen LogP contribution in [0.5, 0.6) is 5.75 Å². The molecule has 1 aromatic carbocycles. The second-order valence-electron chi connectivity index (χ2n) is 14.3. The second kappa shape index (κ2) is 10.8. The van der Waals surface area contributed by atoms with Crippen LogP contribution in [0.1, 0.15) is 64.2 Å². The van der Waals surface area contributed by atoms with Crippen LogP contribution in [0.25, 0.3) is 0 Å². The zero-order valence-corrected chi connectivity index (χ0v) is 29.6. The molecule has 0 fully saturated rings. The Balaban J connectivity index is 2.96. The summed E-state index contributed by atoms with van der Waals surface area (Å²) in [6.07, 6.45) is 12.5. The van der Waals surface area contributed by atoms with Crippen LogP contribution < -0.4 is 4.74 Å². The minimum absolute atomic E-state index is 0.0488. The van der Waals surface area contributed by atoms with Crippen molar-refractivity contribution >= 4 is 16.1 Å². The molecule has 0 saturated heterocycles. The maximum absolute atomic E-state index is 6.35. The monoisotopic (exact) mass is 574 g/mol. The Morgan fingerprint density at radius 1 is 0.824 bits per heavy atom. The van der Waals surface area contributed by atoms with E-state index in [2.05, 4.69) is 117 Å². The summed E-state index contributed by atoms with van der Waals surface area (Å²) < 4.78 is 9.74. The van der Waals surface area contributed by atoms with Gasteiger partial charge in [0.15, 0.2) is 0 Å². The van der Waals surface area contributed by atoms with E-state index in [1.807, 2.05) is 7.11 Å². The number of allylic oxidation sites excluding steroid dienone is 4. The van der Waals surface area contributed by atoms with Crippen molar-refractivity contribution < 1.29 is 32.2 Å². The topological polar surface area (TPSA) is 9.23 Å². The zero-order chi connectivity index (χ0) is 26.2. The van der Waals surface area contributed by atoms with Gasteiger partial charge in [0.25, 0.3) is 0 Å². The SMILES string of the molecule is CCC(CC)(c1cc(C)cc(C(C)(C)C)c1OC)[C]1([Y]([CH2][Si](C)(C)C)[CH2][Si](C)(C)C)C=CC=C1. The van der Waals surface area contributed by atoms with Gasteiger partial charge in [-0.25, -0.2) is 0 Å². The van der Waals surface area contributed by atoms with Crippen LogP contribution in [0.3, 0.4) is 0 Å². The molecule has 1 aromatic rings. The summed E-state index contributed by atoms with van der Waals surface area (Å²) in [4.78, 5) is 0. The first-order valence-corrected chi connectivity index (χ1v) is 26.4. The third-order valence-corrected chi connectivity index (χ3v) is 42.4. The molecule has 0 aromatic heterocycles. The average molecular weight is 575 g/mol. The van der Waals surface area contributed by atoms with Crippen molar-refractivity contribution in [3.63, 3.8) is 0 Å². The minimum atomic E-state index is -2.17. The molecule has 0 radical (unpaired) electrons. The van der Waals surface area contributed by atoms with E-state index in [-0.39, 0.29) is 13.1 Å². The second-order valence-corrected chi connectivity index (χ2v) is 37.2. The molecule has 0 unspecified atom stereocenters. The van der Waals surface area contributed by atoms with Crippen molar-refractivity contribution in [1.29, 1.82) is 0 Å². The van der Waals surface area contributed by atoms with E-state index in [4.69, 9.17) is 4.74 Å². The number of hydrogen-bond acceptors (Lipinski definition) is 1. The summed E-state index contributed by atoms with van der Waals surface area (Å²) >= 11 is -2.17. The quantitative estimate of drug-likeness (QED) is 0.253. The maximum atomic E-state index is 6.35. The van der Waals surface area contributed by atoms with E-state index in [0.29, 0.717) is 0 Å². The van der Waals surface area contributed by atoms with Crippen LogP contribution >= 0.6 is 0 Å². The van der Waals surface area contributed by atoms with Gasteiger partial charge >= 0.3 is 227 Å². The summed E-state index contributed by atoms with van der Waals surface area (Å²) in [5.74, 6) is 1.15. The van der Waals surface area contributed by atoms with Gasteiger partial charge < -0.3 is 0 Å². The Kier molecular flexibility index (Phi) is 9.61. The molecule has 0 aliphatic heterocycles. The fourth-order valence-corrected chi connectivity index (χ4v) is 46.1. The number of ether oxygens (including phenoxy) is 1. The van der Waals surface area contributed by atoms with Gasteiger partial charge in [-0.3, -0.25) is 0 Å². The third-order valence-electron chi connectivity index (χ3n) is 8.05. The number of methoxy groups -OCH3 is 1. The van der Waals surface area contributed by atoms with Crippen LogP contribution in [-0.4, -0.2) is 23.3 Å². The van der Waals surface area contributed by atoms with Gasteiger partial charge in [0.2, 0.25) is 0 Å². The molecule has 0 saturated carbocycles. The summed E-state index contributed by atoms with van der Waals surface area (Å²) in [6.45, 7) is 29.9. The molecule has 1 nitrogen and oxygen atoms in total. The number of benzene rings is 1. The van der Waals surface area contributed by atoms with E-state index < -0.39 is 43.6 Å². The van der Waals surface area contributed by atoms with Crippen molar-refractivity contribution in [2.24, 2.45) is 0 Å². The first kappa shape index (κ1) is 30.3. The summed E-state index contributed by atoms with van der Waals surface area (Å²) in [7, 11) is -0.494. The molecular formula is C30H53OSi2Y. The number of aryl methyl sites for hydroxylation is 1. The molecule has 0 bridgehead atoms. The molecule has 2 rings (SSSR count). The first-order chi connectivity index (χ1) is 15.5. The Morgan fingerprint density at radius 2 is 1.26 bits per heavy atom. The van der Waals surface area contributed by atoms with Gasteiger partial charge in [0, 0.05) is 0 Å². The van der Waals surface area contributed by atoms with Crippen LogP contribution in [0, 0.1) is 6.92 Å². The Hall–Kier alpha value is 0.0377. The van der Waals surface area contributed by atoms with Crippen molar-refractivity contribution in [3.05, 3.63) is 53.1 Å². The molecule has 190 valence electrons. The van der Waals surface area contributed by atoms with E-state index >= 15 is 0 Å². The molecule has 34 heavy (non-hydrogen) atoms. The Morgan fingerprint density at radius 3 is 1.62 bits per heavy atom. The van der Waals surface area contributed by atoms with Crippen LogP contribution in [0.2, 0.25) is 47.2 Å². The van der Waals surface area contributed by atoms with Crippen LogP contribution in [0.15, 0.2) is 36.4 Å². The Labute approximate surface area is 225 Å². The van der Waals surface area contributed by atoms with Gasteiger partial charge in [-0.15, -0.1) is 0 Å². The molecule has 0 atom stereocenters. The average Bonchev–Trinajstić information content (AvgIpc) is 3.17. The van der Waals surface area contributed by atoms with Gasteiger partial charge in [0.05, 0.1) is 0 Å². The normalized spacial score (nSPS) is 16.3. The zero-order valence-electron chi connectivity index (χ0n) is 24.8. The van der Waals surface area contributed by atoms with E-state index in [9.17, 15) is 0 Å². The molecule has 0 amide bonds. The van der Waals surface area contributed by atoms with E-state index in [1.54, 1.807) is 5.71 Å². The fourth-order valence-electron chi connectivity index (χ4n) is 6.74. The van der Waals surface area contributed by atoms with Crippen LogP contribution in [-0.2, 0) is 38.3 Å². The number of rotatable bonds is 10. The Bertz CT molecular complexity index is 877. The van der Waals surface area contributed by atoms with Crippen LogP contribution in [0.4, 0.5) is 0 Å². The number of hydrogen-bond donors (Lipinski definition) is 0. The van der Waals surface area contributed by atoms with Gasteiger partial charge in [-0.05, 0) is 0 Å². The van der Waals surface area contributed by atoms with Gasteiger partial charge in [0.1, 0.15) is 0 Å². The van der Waals surface area contributed by atoms with Crippen molar-refractivity contribution in [1.82, 2.24) is 0 Å². The third kappa shape index (κ3) is 6.29. The standard InChI is InChI=1S/C22H31O.2C4H11Si.Y/c1-8-22(9-2,17-12-10-11-13-17)19-15-16(3)14-18(20(19)23-7)21(4,5)6;2*1-5(2,3)4;/h10-15H,8-9H2,1-7H3;2*1H2,2-4H3;. The first-order valence-electron chi connectivity index (χ1n) is 13.5. The van der Waals surface area contributed by atoms with E-state index in [1.165, 1.54) is 16.7 Å². The predicted molar refractivity (Wildman–Crippen MR) is 156 cm³/mol.